The minimum atomic E-state index is -0.00593. The Morgan fingerprint density at radius 1 is 1.35 bits per heavy atom. The Morgan fingerprint density at radius 3 is 3.15 bits per heavy atom. The molecule has 1 unspecified atom stereocenters. The number of nitrogens with zero attached hydrogens (tertiary/aromatic N) is 3. The van der Waals surface area contributed by atoms with Gasteiger partial charge in [-0.15, -0.1) is 0 Å². The van der Waals surface area contributed by atoms with Crippen molar-refractivity contribution in [3.63, 3.8) is 0 Å². The van der Waals surface area contributed by atoms with Crippen molar-refractivity contribution >= 4 is 22.5 Å². The van der Waals surface area contributed by atoms with E-state index in [-0.39, 0.29) is 6.04 Å². The fourth-order valence-electron chi connectivity index (χ4n) is 2.95. The molecule has 0 aliphatic carbocycles. The Morgan fingerprint density at radius 2 is 2.25 bits per heavy atom. The minimum Gasteiger partial charge on any atom is -0.348 e. The van der Waals surface area contributed by atoms with Gasteiger partial charge in [0, 0.05) is 31.1 Å². The normalized spacial score (nSPS) is 18.4. The molecule has 2 aromatic heterocycles. The summed E-state index contributed by atoms with van der Waals surface area (Å²) >= 11 is 6.39. The molecule has 3 aromatic rings. The maximum atomic E-state index is 6.39. The predicted octanol–water partition coefficient (Wildman–Crippen LogP) is 2.18. The molecule has 1 atom stereocenters. The Labute approximate surface area is 121 Å². The number of H-pyrrole nitrogens is 1. The zero-order valence-corrected chi connectivity index (χ0v) is 11.8. The second kappa shape index (κ2) is 4.33. The number of hydrogen-bond donors (Lipinski definition) is 2. The van der Waals surface area contributed by atoms with Crippen LogP contribution < -0.4 is 5.32 Å². The van der Waals surface area contributed by atoms with Crippen LogP contribution in [0.15, 0.2) is 24.5 Å². The molecule has 1 aromatic carbocycles. The molecule has 0 amide bonds. The van der Waals surface area contributed by atoms with E-state index in [2.05, 4.69) is 20.4 Å². The summed E-state index contributed by atoms with van der Waals surface area (Å²) in [5.41, 5.74) is 4.19. The summed E-state index contributed by atoms with van der Waals surface area (Å²) in [7, 11) is 1.94. The summed E-state index contributed by atoms with van der Waals surface area (Å²) < 4.78 is 1.87. The number of aromatic nitrogens is 4. The number of hydrogen-bond acceptors (Lipinski definition) is 3. The number of nitrogens with one attached hydrogen (secondary N) is 2. The van der Waals surface area contributed by atoms with Gasteiger partial charge in [0.2, 0.25) is 0 Å². The van der Waals surface area contributed by atoms with Gasteiger partial charge in [-0.25, -0.2) is 4.98 Å². The third kappa shape index (κ3) is 1.60. The number of aromatic amines is 1. The molecule has 1 aliphatic heterocycles. The number of fused-ring (bicyclic) bond motifs is 2. The third-order valence-corrected chi connectivity index (χ3v) is 4.19. The van der Waals surface area contributed by atoms with Crippen LogP contribution in [0, 0.1) is 0 Å². The third-order valence-electron chi connectivity index (χ3n) is 3.88. The van der Waals surface area contributed by atoms with Crippen molar-refractivity contribution in [1.29, 1.82) is 0 Å². The minimum absolute atomic E-state index is 0.00593. The van der Waals surface area contributed by atoms with Gasteiger partial charge in [0.1, 0.15) is 0 Å². The summed E-state index contributed by atoms with van der Waals surface area (Å²) in [6.07, 6.45) is 2.71. The molecule has 0 saturated carbocycles. The summed E-state index contributed by atoms with van der Waals surface area (Å²) in [6, 6.07) is 5.88. The number of rotatable bonds is 1. The van der Waals surface area contributed by atoms with Gasteiger partial charge in [-0.2, -0.15) is 5.10 Å². The number of imidazole rings is 1. The van der Waals surface area contributed by atoms with Gasteiger partial charge in [0.25, 0.3) is 0 Å². The summed E-state index contributed by atoms with van der Waals surface area (Å²) in [4.78, 5) is 7.66. The first-order valence-electron chi connectivity index (χ1n) is 6.62. The average Bonchev–Trinajstić information content (AvgIpc) is 3.04. The average molecular weight is 288 g/mol. The van der Waals surface area contributed by atoms with Crippen molar-refractivity contribution in [3.8, 4) is 0 Å². The first-order valence-corrected chi connectivity index (χ1v) is 7.00. The van der Waals surface area contributed by atoms with Crippen LogP contribution in [0.25, 0.3) is 10.9 Å². The number of halogens is 1. The number of benzene rings is 1. The first-order chi connectivity index (χ1) is 9.75. The Hall–Kier alpha value is -1.85. The maximum Gasteiger partial charge on any atom is 0.0969 e. The lowest BCUT2D eigenvalue weighted by Crippen LogP contribution is -2.31. The van der Waals surface area contributed by atoms with Crippen molar-refractivity contribution in [3.05, 3.63) is 46.6 Å². The quantitative estimate of drug-likeness (QED) is 0.721. The highest BCUT2D eigenvalue weighted by Gasteiger charge is 2.28. The Bertz CT molecular complexity index is 788. The van der Waals surface area contributed by atoms with Gasteiger partial charge in [0.05, 0.1) is 34.3 Å². The van der Waals surface area contributed by atoms with Crippen molar-refractivity contribution in [2.24, 2.45) is 7.05 Å². The molecule has 0 saturated heterocycles. The van der Waals surface area contributed by atoms with E-state index >= 15 is 0 Å². The van der Waals surface area contributed by atoms with Crippen LogP contribution in [0.1, 0.15) is 23.1 Å². The fraction of sp³-hybridized carbons (Fsp3) is 0.286. The van der Waals surface area contributed by atoms with Crippen LogP contribution in [-0.2, 0) is 13.5 Å². The van der Waals surface area contributed by atoms with Gasteiger partial charge in [-0.1, -0.05) is 17.7 Å². The van der Waals surface area contributed by atoms with E-state index in [1.165, 1.54) is 5.69 Å². The maximum absolute atomic E-state index is 6.39. The molecular formula is C14H14ClN5. The van der Waals surface area contributed by atoms with Gasteiger partial charge in [-0.05, 0) is 12.1 Å². The standard InChI is InChI=1S/C14H14ClN5/c1-20-10-4-2-3-8(15)11(10)13(19-20)14-12-9(5-6-16-14)17-7-18-12/h2-4,7,14,16H,5-6H2,1H3,(H,17,18). The molecule has 6 heteroatoms. The molecule has 1 aliphatic rings. The van der Waals surface area contributed by atoms with E-state index in [0.29, 0.717) is 0 Å². The molecule has 2 N–H and O–H groups in total. The van der Waals surface area contributed by atoms with E-state index in [1.54, 1.807) is 6.33 Å². The van der Waals surface area contributed by atoms with Crippen LogP contribution >= 0.6 is 11.6 Å². The van der Waals surface area contributed by atoms with E-state index in [1.807, 2.05) is 29.9 Å². The molecule has 3 heterocycles. The van der Waals surface area contributed by atoms with E-state index in [4.69, 9.17) is 11.6 Å². The molecule has 0 fully saturated rings. The summed E-state index contributed by atoms with van der Waals surface area (Å²) in [5, 5.41) is 9.90. The lowest BCUT2D eigenvalue weighted by molar-refractivity contribution is 0.538. The molecule has 4 rings (SSSR count). The molecule has 0 spiro atoms. The highest BCUT2D eigenvalue weighted by atomic mass is 35.5. The Kier molecular flexibility index (Phi) is 2.58. The van der Waals surface area contributed by atoms with Crippen molar-refractivity contribution < 1.29 is 0 Å². The topological polar surface area (TPSA) is 58.5 Å². The predicted molar refractivity (Wildman–Crippen MR) is 77.9 cm³/mol. The first kappa shape index (κ1) is 11.9. The smallest absolute Gasteiger partial charge is 0.0969 e. The van der Waals surface area contributed by atoms with E-state index in [0.717, 1.165) is 40.3 Å². The largest absolute Gasteiger partial charge is 0.348 e. The molecule has 0 bridgehead atoms. The molecule has 20 heavy (non-hydrogen) atoms. The van der Waals surface area contributed by atoms with Gasteiger partial charge < -0.3 is 10.3 Å². The van der Waals surface area contributed by atoms with Crippen molar-refractivity contribution in [1.82, 2.24) is 25.1 Å². The van der Waals surface area contributed by atoms with Crippen LogP contribution in [0.5, 0.6) is 0 Å². The van der Waals surface area contributed by atoms with Crippen LogP contribution in [0.2, 0.25) is 5.02 Å². The fourth-order valence-corrected chi connectivity index (χ4v) is 3.21. The SMILES string of the molecule is Cn1nc(C2NCCc3[nH]cnc32)c2c(Cl)cccc21. The summed E-state index contributed by atoms with van der Waals surface area (Å²) in [6.45, 7) is 0.905. The zero-order valence-electron chi connectivity index (χ0n) is 11.0. The second-order valence-electron chi connectivity index (χ2n) is 5.05. The van der Waals surface area contributed by atoms with E-state index < -0.39 is 0 Å². The van der Waals surface area contributed by atoms with Gasteiger partial charge >= 0.3 is 0 Å². The van der Waals surface area contributed by atoms with E-state index in [9.17, 15) is 0 Å². The lowest BCUT2D eigenvalue weighted by Gasteiger charge is -2.21. The van der Waals surface area contributed by atoms with Crippen LogP contribution in [0.3, 0.4) is 0 Å². The second-order valence-corrected chi connectivity index (χ2v) is 5.45. The highest BCUT2D eigenvalue weighted by Crippen LogP contribution is 2.34. The zero-order chi connectivity index (χ0) is 13.7. The van der Waals surface area contributed by atoms with Gasteiger partial charge in [0.15, 0.2) is 0 Å². The molecule has 5 nitrogen and oxygen atoms in total. The van der Waals surface area contributed by atoms with Gasteiger partial charge in [-0.3, -0.25) is 4.68 Å². The highest BCUT2D eigenvalue weighted by molar-refractivity contribution is 6.35. The van der Waals surface area contributed by atoms with Crippen molar-refractivity contribution in [2.75, 3.05) is 6.54 Å². The molecule has 102 valence electrons. The van der Waals surface area contributed by atoms with Crippen LogP contribution in [0.4, 0.5) is 0 Å². The summed E-state index contributed by atoms with van der Waals surface area (Å²) in [5.74, 6) is 0. The monoisotopic (exact) mass is 287 g/mol. The van der Waals surface area contributed by atoms with Crippen LogP contribution in [-0.4, -0.2) is 26.3 Å². The Balaban J connectivity index is 1.97. The molecular weight excluding hydrogens is 274 g/mol. The molecule has 0 radical (unpaired) electrons. The number of aryl methyl sites for hydroxylation is 1. The van der Waals surface area contributed by atoms with Crippen molar-refractivity contribution in [2.45, 2.75) is 12.5 Å². The lowest BCUT2D eigenvalue weighted by atomic mass is 10.00.